The van der Waals surface area contributed by atoms with E-state index in [9.17, 15) is 14.4 Å². The van der Waals surface area contributed by atoms with E-state index in [0.717, 1.165) is 22.9 Å². The summed E-state index contributed by atoms with van der Waals surface area (Å²) in [6.07, 6.45) is 4.49. The SMILES string of the molecule is CO[C@H]1CN(C)C(=O)[C@@H]2C[C@@H](CN2c2nc(C3CC(C#N)C3)nc3c2cnn3-c2ccc(F)cc2F)Nc2cccc(n2)-c2nccc3nc(C)n(c23)C1. The minimum absolute atomic E-state index is 0.0262. The maximum Gasteiger partial charge on any atom is 0.245 e. The molecule has 274 valence electrons. The highest BCUT2D eigenvalue weighted by molar-refractivity contribution is 5.93. The first kappa shape index (κ1) is 33.7. The summed E-state index contributed by atoms with van der Waals surface area (Å²) >= 11 is 0. The quantitative estimate of drug-likeness (QED) is 0.267. The van der Waals surface area contributed by atoms with Crippen molar-refractivity contribution in [3.63, 3.8) is 0 Å². The van der Waals surface area contributed by atoms with Crippen LogP contribution in [-0.4, -0.2) is 95.5 Å². The Morgan fingerprint density at radius 3 is 2.67 bits per heavy atom. The predicted octanol–water partition coefficient (Wildman–Crippen LogP) is 4.77. The highest BCUT2D eigenvalue weighted by atomic mass is 19.1. The number of methoxy groups -OCH3 is 1. The second kappa shape index (κ2) is 13.1. The molecule has 2 aliphatic heterocycles. The first-order chi connectivity index (χ1) is 26.2. The van der Waals surface area contributed by atoms with Crippen molar-refractivity contribution < 1.29 is 18.3 Å². The second-order valence-electron chi connectivity index (χ2n) is 14.3. The van der Waals surface area contributed by atoms with Crippen molar-refractivity contribution in [3.8, 4) is 23.1 Å². The Hall–Kier alpha value is -6.08. The molecule has 9 rings (SSSR count). The first-order valence-electron chi connectivity index (χ1n) is 17.9. The number of imidazole rings is 1. The van der Waals surface area contributed by atoms with Crippen molar-refractivity contribution in [1.82, 2.24) is 44.2 Å². The summed E-state index contributed by atoms with van der Waals surface area (Å²) in [5, 5.41) is 18.1. The van der Waals surface area contributed by atoms with E-state index in [1.807, 2.05) is 36.1 Å². The van der Waals surface area contributed by atoms with Gasteiger partial charge < -0.3 is 24.4 Å². The molecular weight excluding hydrogens is 694 g/mol. The number of nitrogens with one attached hydrogen (secondary N) is 1. The molecule has 0 spiro atoms. The van der Waals surface area contributed by atoms with E-state index in [2.05, 4.69) is 21.1 Å². The van der Waals surface area contributed by atoms with Crippen LogP contribution in [0.2, 0.25) is 0 Å². The summed E-state index contributed by atoms with van der Waals surface area (Å²) in [6.45, 7) is 3.03. The number of nitrogens with zero attached hydrogens (tertiary/aromatic N) is 11. The third-order valence-electron chi connectivity index (χ3n) is 10.9. The number of rotatable bonds is 4. The van der Waals surface area contributed by atoms with Crippen LogP contribution in [0.4, 0.5) is 20.4 Å². The molecule has 4 bridgehead atoms. The Kier molecular flexibility index (Phi) is 8.18. The molecule has 1 aliphatic carbocycles. The Morgan fingerprint density at radius 2 is 1.87 bits per heavy atom. The van der Waals surface area contributed by atoms with E-state index in [-0.39, 0.29) is 35.6 Å². The zero-order valence-corrected chi connectivity index (χ0v) is 29.8. The van der Waals surface area contributed by atoms with Crippen molar-refractivity contribution in [1.29, 1.82) is 5.26 Å². The molecule has 3 aliphatic rings. The molecule has 1 aromatic carbocycles. The smallest absolute Gasteiger partial charge is 0.245 e. The number of likely N-dealkylation sites (N-methyl/N-ethyl adjacent to an activating group) is 1. The van der Waals surface area contributed by atoms with Crippen LogP contribution in [0.5, 0.6) is 0 Å². The fraction of sp³-hybridized carbons (Fsp3) is 0.368. The normalized spacial score (nSPS) is 22.8. The third-order valence-corrected chi connectivity index (χ3v) is 10.9. The van der Waals surface area contributed by atoms with Crippen LogP contribution in [-0.2, 0) is 16.1 Å². The molecule has 7 heterocycles. The summed E-state index contributed by atoms with van der Waals surface area (Å²) in [5.74, 6) is 0.496. The number of nitriles is 1. The molecule has 3 atom stereocenters. The van der Waals surface area contributed by atoms with Crippen LogP contribution in [0, 0.1) is 35.8 Å². The number of halogens is 2. The Balaban J connectivity index is 1.16. The van der Waals surface area contributed by atoms with Gasteiger partial charge in [-0.05, 0) is 56.5 Å². The summed E-state index contributed by atoms with van der Waals surface area (Å²) in [6, 6.07) is 12.3. The van der Waals surface area contributed by atoms with E-state index >= 15 is 4.39 Å². The number of pyridine rings is 2. The largest absolute Gasteiger partial charge is 0.378 e. The fourth-order valence-corrected chi connectivity index (χ4v) is 8.01. The molecule has 1 N–H and O–H groups in total. The average Bonchev–Trinajstić information content (AvgIpc) is 3.85. The van der Waals surface area contributed by atoms with Crippen molar-refractivity contribution in [2.75, 3.05) is 37.5 Å². The van der Waals surface area contributed by atoms with Gasteiger partial charge in [-0.1, -0.05) is 6.07 Å². The number of carbonyl (C=O) groups is 1. The minimum Gasteiger partial charge on any atom is -0.378 e. The monoisotopic (exact) mass is 730 g/mol. The molecule has 5 aromatic heterocycles. The maximum atomic E-state index is 15.2. The van der Waals surface area contributed by atoms with E-state index in [4.69, 9.17) is 29.7 Å². The van der Waals surface area contributed by atoms with E-state index in [1.54, 1.807) is 31.5 Å². The fourth-order valence-electron chi connectivity index (χ4n) is 8.01. The molecule has 0 radical (unpaired) electrons. The van der Waals surface area contributed by atoms with Gasteiger partial charge in [0.2, 0.25) is 5.91 Å². The van der Waals surface area contributed by atoms with Crippen LogP contribution in [0.1, 0.15) is 36.8 Å². The lowest BCUT2D eigenvalue weighted by Gasteiger charge is -2.32. The number of aryl methyl sites for hydroxylation is 1. The number of ether oxygens (including phenoxy) is 1. The number of benzene rings is 1. The van der Waals surface area contributed by atoms with Gasteiger partial charge in [0.15, 0.2) is 11.5 Å². The summed E-state index contributed by atoms with van der Waals surface area (Å²) in [5.41, 5.74) is 3.35. The van der Waals surface area contributed by atoms with Gasteiger partial charge in [-0.2, -0.15) is 10.4 Å². The van der Waals surface area contributed by atoms with Gasteiger partial charge >= 0.3 is 0 Å². The number of aromatic nitrogens is 8. The number of carbonyl (C=O) groups excluding carboxylic acids is 1. The first-order valence-corrected chi connectivity index (χ1v) is 17.9. The molecule has 16 heteroatoms. The van der Waals surface area contributed by atoms with Crippen LogP contribution in [0.25, 0.3) is 39.1 Å². The zero-order chi connectivity index (χ0) is 37.2. The van der Waals surface area contributed by atoms with Gasteiger partial charge in [-0.25, -0.2) is 33.4 Å². The molecule has 2 fully saturated rings. The van der Waals surface area contributed by atoms with Crippen LogP contribution in [0.15, 0.2) is 54.9 Å². The molecule has 54 heavy (non-hydrogen) atoms. The van der Waals surface area contributed by atoms with E-state index < -0.39 is 17.7 Å². The lowest BCUT2D eigenvalue weighted by molar-refractivity contribution is -0.132. The molecule has 1 saturated carbocycles. The van der Waals surface area contributed by atoms with E-state index in [1.165, 1.54) is 16.8 Å². The number of hydrogen-bond donors (Lipinski definition) is 1. The van der Waals surface area contributed by atoms with Crippen LogP contribution >= 0.6 is 0 Å². The second-order valence-corrected chi connectivity index (χ2v) is 14.3. The molecule has 1 amide bonds. The summed E-state index contributed by atoms with van der Waals surface area (Å²) < 4.78 is 38.5. The highest BCUT2D eigenvalue weighted by Crippen LogP contribution is 2.42. The van der Waals surface area contributed by atoms with Gasteiger partial charge in [0.1, 0.15) is 46.5 Å². The predicted molar refractivity (Wildman–Crippen MR) is 195 cm³/mol. The van der Waals surface area contributed by atoms with Crippen LogP contribution in [0.3, 0.4) is 0 Å². The molecule has 14 nitrogen and oxygen atoms in total. The van der Waals surface area contributed by atoms with Crippen molar-refractivity contribution >= 4 is 39.6 Å². The highest BCUT2D eigenvalue weighted by Gasteiger charge is 2.42. The Morgan fingerprint density at radius 1 is 1.02 bits per heavy atom. The summed E-state index contributed by atoms with van der Waals surface area (Å²) in [4.78, 5) is 42.8. The Labute approximate surface area is 308 Å². The van der Waals surface area contributed by atoms with Gasteiger partial charge in [0.05, 0.1) is 47.0 Å². The number of anilines is 2. The van der Waals surface area contributed by atoms with Gasteiger partial charge in [-0.15, -0.1) is 0 Å². The number of fused-ring (bicyclic) bond motifs is 6. The van der Waals surface area contributed by atoms with Crippen molar-refractivity contribution in [2.24, 2.45) is 5.92 Å². The van der Waals surface area contributed by atoms with Crippen molar-refractivity contribution in [3.05, 3.63) is 78.1 Å². The lowest BCUT2D eigenvalue weighted by atomic mass is 9.75. The van der Waals surface area contributed by atoms with Crippen molar-refractivity contribution in [2.45, 2.75) is 56.8 Å². The van der Waals surface area contributed by atoms with Crippen LogP contribution < -0.4 is 10.2 Å². The Bertz CT molecular complexity index is 2490. The van der Waals surface area contributed by atoms with Gasteiger partial charge in [-0.3, -0.25) is 9.78 Å². The average molecular weight is 731 g/mol. The van der Waals surface area contributed by atoms with E-state index in [0.29, 0.717) is 78.8 Å². The van der Waals surface area contributed by atoms with Gasteiger partial charge in [0, 0.05) is 57.4 Å². The molecule has 6 aromatic rings. The topological polar surface area (TPSA) is 156 Å². The number of hydrogen-bond acceptors (Lipinski definition) is 11. The summed E-state index contributed by atoms with van der Waals surface area (Å²) in [7, 11) is 3.41. The number of amides is 1. The minimum atomic E-state index is -0.796. The molecule has 0 unspecified atom stereocenters. The third kappa shape index (κ3) is 5.66. The maximum absolute atomic E-state index is 15.2. The van der Waals surface area contributed by atoms with Gasteiger partial charge in [0.25, 0.3) is 0 Å². The standard InChI is InChI=1S/C38H36F2N12O2/c1-20-44-29-9-10-42-33-28-5-4-6-32(46-28)45-24-14-31(38(53)49(2)18-25(54-3)19-50(20)34(29)33)51(17-24)36-26-16-43-52(30-8-7-23(39)13-27(30)40)37(26)48-35(47-36)22-11-21(12-22)15-41/h4-10,13,16,21-22,24-25,31H,11-12,14,17-19H2,1-3H3,(H,45,46)/t21?,22?,24-,25-,31-/m0/s1. The molecular formula is C38H36F2N12O2. The molecule has 1 saturated heterocycles. The lowest BCUT2D eigenvalue weighted by Crippen LogP contribution is -2.47. The zero-order valence-electron chi connectivity index (χ0n) is 29.8.